The van der Waals surface area contributed by atoms with Crippen molar-refractivity contribution in [2.24, 2.45) is 0 Å². The molecule has 412 valence electrons. The second kappa shape index (κ2) is 61.4. The van der Waals surface area contributed by atoms with Gasteiger partial charge in [-0.1, -0.05) is 347 Å². The molecule has 0 aliphatic rings. The van der Waals surface area contributed by atoms with Gasteiger partial charge < -0.3 is 15.5 Å². The average Bonchev–Trinajstić information content (AvgIpc) is 3.35. The van der Waals surface area contributed by atoms with E-state index in [0.29, 0.717) is 12.8 Å². The number of aliphatic hydroxyl groups excluding tert-OH is 2. The van der Waals surface area contributed by atoms with E-state index in [0.717, 1.165) is 25.7 Å². The van der Waals surface area contributed by atoms with Crippen LogP contribution >= 0.6 is 0 Å². The fraction of sp³-hybridized carbons (Fsp3) is 0.954. The minimum absolute atomic E-state index is 0.0217. The highest BCUT2D eigenvalue weighted by atomic mass is 16.3. The summed E-state index contributed by atoms with van der Waals surface area (Å²) in [5.74, 6) is -0.0217. The van der Waals surface area contributed by atoms with Crippen LogP contribution in [0.4, 0.5) is 0 Å². The number of rotatable bonds is 61. The summed E-state index contributed by atoms with van der Waals surface area (Å²) in [6.45, 7) is 4.41. The Hall–Kier alpha value is -0.870. The van der Waals surface area contributed by atoms with Crippen molar-refractivity contribution in [2.45, 2.75) is 392 Å². The van der Waals surface area contributed by atoms with E-state index >= 15 is 0 Å². The summed E-state index contributed by atoms with van der Waals surface area (Å²) in [5.41, 5.74) is 0. The summed E-state index contributed by atoms with van der Waals surface area (Å²) in [6.07, 6.45) is 81.0. The van der Waals surface area contributed by atoms with Crippen LogP contribution in [0.5, 0.6) is 0 Å². The van der Waals surface area contributed by atoms with Crippen molar-refractivity contribution < 1.29 is 15.0 Å². The van der Waals surface area contributed by atoms with Gasteiger partial charge in [-0.2, -0.15) is 0 Å². The van der Waals surface area contributed by atoms with E-state index in [-0.39, 0.29) is 12.5 Å². The highest BCUT2D eigenvalue weighted by molar-refractivity contribution is 5.76. The first-order valence-electron chi connectivity index (χ1n) is 32.4. The number of amides is 1. The molecule has 0 aromatic heterocycles. The third-order valence-corrected chi connectivity index (χ3v) is 15.5. The molecule has 0 aromatic rings. The first-order valence-corrected chi connectivity index (χ1v) is 32.4. The van der Waals surface area contributed by atoms with Gasteiger partial charge in [0.2, 0.25) is 5.91 Å². The molecular formula is C65H129NO3. The first-order chi connectivity index (χ1) is 34.2. The number of carbonyl (C=O) groups excluding carboxylic acids is 1. The van der Waals surface area contributed by atoms with E-state index in [9.17, 15) is 15.0 Å². The molecule has 0 saturated heterocycles. The molecule has 0 bridgehead atoms. The lowest BCUT2D eigenvalue weighted by atomic mass is 10.0. The Morgan fingerprint density at radius 2 is 0.551 bits per heavy atom. The van der Waals surface area contributed by atoms with Gasteiger partial charge >= 0.3 is 0 Å². The Balaban J connectivity index is 3.38. The molecule has 0 saturated carbocycles. The van der Waals surface area contributed by atoms with Crippen LogP contribution in [0.2, 0.25) is 0 Å². The van der Waals surface area contributed by atoms with Crippen molar-refractivity contribution >= 4 is 5.91 Å². The van der Waals surface area contributed by atoms with Gasteiger partial charge in [0.25, 0.3) is 0 Å². The van der Waals surface area contributed by atoms with Crippen LogP contribution < -0.4 is 5.32 Å². The fourth-order valence-electron chi connectivity index (χ4n) is 10.6. The van der Waals surface area contributed by atoms with Gasteiger partial charge in [0.05, 0.1) is 18.8 Å². The minimum atomic E-state index is -0.657. The van der Waals surface area contributed by atoms with Crippen LogP contribution in [-0.2, 0) is 4.79 Å². The van der Waals surface area contributed by atoms with Crippen LogP contribution in [0.3, 0.4) is 0 Å². The molecular weight excluding hydrogens is 843 g/mol. The van der Waals surface area contributed by atoms with E-state index < -0.39 is 12.1 Å². The van der Waals surface area contributed by atoms with Crippen molar-refractivity contribution in [3.8, 4) is 0 Å². The van der Waals surface area contributed by atoms with E-state index in [4.69, 9.17) is 0 Å². The van der Waals surface area contributed by atoms with Crippen LogP contribution in [0.25, 0.3) is 0 Å². The lowest BCUT2D eigenvalue weighted by Crippen LogP contribution is -2.45. The minimum Gasteiger partial charge on any atom is -0.394 e. The van der Waals surface area contributed by atoms with E-state index in [1.54, 1.807) is 0 Å². The number of hydrogen-bond acceptors (Lipinski definition) is 3. The van der Waals surface area contributed by atoms with Gasteiger partial charge in [-0.25, -0.2) is 0 Å². The zero-order chi connectivity index (χ0) is 49.9. The smallest absolute Gasteiger partial charge is 0.220 e. The molecule has 0 aliphatic heterocycles. The fourth-order valence-corrected chi connectivity index (χ4v) is 10.6. The van der Waals surface area contributed by atoms with Crippen LogP contribution in [0.15, 0.2) is 12.2 Å². The van der Waals surface area contributed by atoms with Crippen molar-refractivity contribution in [1.29, 1.82) is 0 Å². The van der Waals surface area contributed by atoms with Gasteiger partial charge in [-0.15, -0.1) is 0 Å². The Kier molecular flexibility index (Phi) is 60.7. The molecule has 0 heterocycles. The predicted octanol–water partition coefficient (Wildman–Crippen LogP) is 21.7. The molecule has 2 unspecified atom stereocenters. The van der Waals surface area contributed by atoms with Crippen molar-refractivity contribution in [3.63, 3.8) is 0 Å². The zero-order valence-corrected chi connectivity index (χ0v) is 47.6. The second-order valence-corrected chi connectivity index (χ2v) is 22.5. The van der Waals surface area contributed by atoms with Crippen molar-refractivity contribution in [3.05, 3.63) is 12.2 Å². The summed E-state index contributed by atoms with van der Waals surface area (Å²) < 4.78 is 0. The molecule has 0 fully saturated rings. The number of aliphatic hydroxyl groups is 2. The zero-order valence-electron chi connectivity index (χ0n) is 47.6. The highest BCUT2D eigenvalue weighted by Crippen LogP contribution is 2.19. The quantitative estimate of drug-likeness (QED) is 0.0420. The number of carbonyl (C=O) groups is 1. The Bertz CT molecular complexity index is 967. The average molecular weight is 973 g/mol. The van der Waals surface area contributed by atoms with Crippen LogP contribution in [-0.4, -0.2) is 34.9 Å². The van der Waals surface area contributed by atoms with Crippen LogP contribution in [0.1, 0.15) is 380 Å². The molecule has 1 amide bonds. The Morgan fingerprint density at radius 1 is 0.333 bits per heavy atom. The number of unbranched alkanes of at least 4 members (excludes halogenated alkanes) is 52. The topological polar surface area (TPSA) is 69.6 Å². The van der Waals surface area contributed by atoms with Gasteiger partial charge in [0, 0.05) is 6.42 Å². The van der Waals surface area contributed by atoms with Gasteiger partial charge in [0.1, 0.15) is 0 Å². The van der Waals surface area contributed by atoms with E-state index in [1.165, 1.54) is 327 Å². The third kappa shape index (κ3) is 57.9. The maximum absolute atomic E-state index is 12.5. The second-order valence-electron chi connectivity index (χ2n) is 22.5. The molecule has 4 nitrogen and oxygen atoms in total. The van der Waals surface area contributed by atoms with E-state index in [2.05, 4.69) is 31.3 Å². The SMILES string of the molecule is CCCCCCCCCC/C=C\CCCCCCCCCCCCCCCCCCCCCC(=O)NC(CO)C(O)CCCCCCCCCCCCCCCCCCCCCCCCCCCC. The normalized spacial score (nSPS) is 12.7. The summed E-state index contributed by atoms with van der Waals surface area (Å²) in [7, 11) is 0. The maximum Gasteiger partial charge on any atom is 0.220 e. The predicted molar refractivity (Wildman–Crippen MR) is 309 cm³/mol. The van der Waals surface area contributed by atoms with Gasteiger partial charge in [-0.05, 0) is 38.5 Å². The molecule has 0 spiro atoms. The third-order valence-electron chi connectivity index (χ3n) is 15.5. The Labute approximate surface area is 435 Å². The molecule has 0 aromatic carbocycles. The number of nitrogens with one attached hydrogen (secondary N) is 1. The molecule has 2 atom stereocenters. The summed E-state index contributed by atoms with van der Waals surface area (Å²) >= 11 is 0. The van der Waals surface area contributed by atoms with Crippen molar-refractivity contribution in [1.82, 2.24) is 5.32 Å². The molecule has 3 N–H and O–H groups in total. The number of hydrogen-bond donors (Lipinski definition) is 3. The summed E-state index contributed by atoms with van der Waals surface area (Å²) in [6, 6.07) is -0.534. The van der Waals surface area contributed by atoms with Gasteiger partial charge in [0.15, 0.2) is 0 Å². The summed E-state index contributed by atoms with van der Waals surface area (Å²) in [4.78, 5) is 12.5. The lowest BCUT2D eigenvalue weighted by Gasteiger charge is -2.22. The van der Waals surface area contributed by atoms with E-state index in [1.807, 2.05) is 0 Å². The molecule has 0 aliphatic carbocycles. The first kappa shape index (κ1) is 68.1. The molecule has 4 heteroatoms. The lowest BCUT2D eigenvalue weighted by molar-refractivity contribution is -0.123. The number of allylic oxidation sites excluding steroid dienone is 2. The Morgan fingerprint density at radius 3 is 0.797 bits per heavy atom. The largest absolute Gasteiger partial charge is 0.394 e. The standard InChI is InChI=1S/C65H129NO3/c1-3-5-7-9-11-13-15-17-19-21-23-25-27-29-31-32-33-34-35-37-39-41-43-45-47-49-51-53-55-57-59-61-65(69)66-63(62-67)64(68)60-58-56-54-52-50-48-46-44-42-40-38-36-30-28-26-24-22-20-18-16-14-12-10-8-6-4-2/h21,23,63-64,67-68H,3-20,22,24-62H2,1-2H3,(H,66,69)/b23-21-. The monoisotopic (exact) mass is 972 g/mol. The van der Waals surface area contributed by atoms with Crippen molar-refractivity contribution in [2.75, 3.05) is 6.61 Å². The summed E-state index contributed by atoms with van der Waals surface area (Å²) in [5, 5.41) is 23.4. The molecule has 69 heavy (non-hydrogen) atoms. The van der Waals surface area contributed by atoms with Crippen LogP contribution in [0, 0.1) is 0 Å². The molecule has 0 rings (SSSR count). The maximum atomic E-state index is 12.5. The van der Waals surface area contributed by atoms with Gasteiger partial charge in [-0.3, -0.25) is 4.79 Å². The highest BCUT2D eigenvalue weighted by Gasteiger charge is 2.20. The molecule has 0 radical (unpaired) electrons.